The molecule has 0 aliphatic heterocycles. The first-order chi connectivity index (χ1) is 8.69. The molecule has 0 aliphatic rings. The molecule has 2 aromatic carbocycles. The Hall–Kier alpha value is -1.94. The molecule has 94 valence electrons. The van der Waals surface area contributed by atoms with Crippen LogP contribution in [0, 0.1) is 11.6 Å². The average Bonchev–Trinajstić information content (AvgIpc) is 2.40. The molecule has 0 unspecified atom stereocenters. The normalized spacial score (nSPS) is 10.4. The summed E-state index contributed by atoms with van der Waals surface area (Å²) in [7, 11) is 0. The molecule has 2 nitrogen and oxygen atoms in total. The number of ether oxygens (including phenoxy) is 1. The minimum atomic E-state index is -0.491. The molecule has 0 aliphatic carbocycles. The molecule has 0 bridgehead atoms. The van der Waals surface area contributed by atoms with Crippen LogP contribution in [0.5, 0.6) is 5.75 Å². The molecule has 2 rings (SSSR count). The van der Waals surface area contributed by atoms with Crippen LogP contribution in [0.3, 0.4) is 0 Å². The lowest BCUT2D eigenvalue weighted by Gasteiger charge is -2.08. The van der Waals surface area contributed by atoms with Gasteiger partial charge in [-0.25, -0.2) is 8.78 Å². The van der Waals surface area contributed by atoms with Crippen molar-refractivity contribution in [3.05, 3.63) is 65.2 Å². The topological polar surface area (TPSA) is 29.5 Å². The third-order valence-electron chi connectivity index (χ3n) is 2.49. The quantitative estimate of drug-likeness (QED) is 0.903. The summed E-state index contributed by atoms with van der Waals surface area (Å²) in [4.78, 5) is 0. The van der Waals surface area contributed by atoms with Crippen molar-refractivity contribution in [3.8, 4) is 5.75 Å². The summed E-state index contributed by atoms with van der Waals surface area (Å²) < 4.78 is 31.4. The van der Waals surface area contributed by atoms with E-state index in [0.29, 0.717) is 5.56 Å². The van der Waals surface area contributed by atoms with Crippen molar-refractivity contribution in [2.75, 3.05) is 0 Å². The molecule has 2 aromatic rings. The summed E-state index contributed by atoms with van der Waals surface area (Å²) in [6.07, 6.45) is 0. The van der Waals surface area contributed by atoms with Gasteiger partial charge in [-0.05, 0) is 35.4 Å². The third-order valence-corrected chi connectivity index (χ3v) is 2.49. The zero-order chi connectivity index (χ0) is 13.0. The summed E-state index contributed by atoms with van der Waals surface area (Å²) in [5.74, 6) is -0.743. The van der Waals surface area contributed by atoms with Crippen molar-refractivity contribution in [2.24, 2.45) is 0 Å². The Morgan fingerprint density at radius 3 is 2.28 bits per heavy atom. The number of benzene rings is 2. The summed E-state index contributed by atoms with van der Waals surface area (Å²) in [6, 6.07) is 9.95. The molecule has 0 saturated carbocycles. The van der Waals surface area contributed by atoms with E-state index in [1.54, 1.807) is 12.1 Å². The first kappa shape index (κ1) is 12.5. The molecule has 0 saturated heterocycles. The zero-order valence-electron chi connectivity index (χ0n) is 9.57. The van der Waals surface area contributed by atoms with E-state index in [4.69, 9.17) is 9.84 Å². The first-order valence-corrected chi connectivity index (χ1v) is 5.45. The fraction of sp³-hybridized carbons (Fsp3) is 0.143. The molecule has 4 heteroatoms. The molecule has 0 amide bonds. The molecule has 1 N–H and O–H groups in total. The Morgan fingerprint density at radius 1 is 0.944 bits per heavy atom. The van der Waals surface area contributed by atoms with E-state index in [1.807, 2.05) is 0 Å². The largest absolute Gasteiger partial charge is 0.486 e. The molecular formula is C14H12F2O2. The molecule has 0 fully saturated rings. The van der Waals surface area contributed by atoms with E-state index in [9.17, 15) is 8.78 Å². The number of hydrogen-bond acceptors (Lipinski definition) is 2. The van der Waals surface area contributed by atoms with Crippen LogP contribution >= 0.6 is 0 Å². The van der Waals surface area contributed by atoms with Gasteiger partial charge in [0.05, 0.1) is 6.61 Å². The third kappa shape index (κ3) is 3.05. The molecule has 18 heavy (non-hydrogen) atoms. The highest BCUT2D eigenvalue weighted by molar-refractivity contribution is 5.30. The molecule has 0 radical (unpaired) electrons. The average molecular weight is 250 g/mol. The van der Waals surface area contributed by atoms with Gasteiger partial charge < -0.3 is 9.84 Å². The van der Waals surface area contributed by atoms with Gasteiger partial charge in [0.25, 0.3) is 0 Å². The van der Waals surface area contributed by atoms with Gasteiger partial charge in [-0.15, -0.1) is 0 Å². The van der Waals surface area contributed by atoms with Crippen molar-refractivity contribution in [2.45, 2.75) is 13.2 Å². The Bertz CT molecular complexity index is 524. The van der Waals surface area contributed by atoms with Crippen LogP contribution in [0.25, 0.3) is 0 Å². The summed E-state index contributed by atoms with van der Waals surface area (Å²) in [6.45, 7) is -0.0285. The maximum atomic E-state index is 13.4. The van der Waals surface area contributed by atoms with Gasteiger partial charge in [0.1, 0.15) is 12.4 Å². The van der Waals surface area contributed by atoms with Crippen molar-refractivity contribution >= 4 is 0 Å². The van der Waals surface area contributed by atoms with Crippen LogP contribution in [0.2, 0.25) is 0 Å². The number of aliphatic hydroxyl groups is 1. The van der Waals surface area contributed by atoms with E-state index < -0.39 is 5.82 Å². The van der Waals surface area contributed by atoms with E-state index in [2.05, 4.69) is 0 Å². The van der Waals surface area contributed by atoms with Gasteiger partial charge in [0.15, 0.2) is 11.6 Å². The maximum Gasteiger partial charge on any atom is 0.165 e. The monoisotopic (exact) mass is 250 g/mol. The predicted octanol–water partition coefficient (Wildman–Crippen LogP) is 3.04. The molecular weight excluding hydrogens is 238 g/mol. The van der Waals surface area contributed by atoms with Crippen molar-refractivity contribution in [1.29, 1.82) is 0 Å². The van der Waals surface area contributed by atoms with E-state index in [1.165, 1.54) is 30.3 Å². The number of hydrogen-bond donors (Lipinski definition) is 1. The molecule has 0 spiro atoms. The van der Waals surface area contributed by atoms with Crippen molar-refractivity contribution < 1.29 is 18.6 Å². The smallest absolute Gasteiger partial charge is 0.165 e. The summed E-state index contributed by atoms with van der Waals surface area (Å²) in [5.41, 5.74) is 1.32. The fourth-order valence-electron chi connectivity index (χ4n) is 1.50. The highest BCUT2D eigenvalue weighted by atomic mass is 19.1. The fourth-order valence-corrected chi connectivity index (χ4v) is 1.50. The van der Waals surface area contributed by atoms with Crippen molar-refractivity contribution in [1.82, 2.24) is 0 Å². The van der Waals surface area contributed by atoms with E-state index >= 15 is 0 Å². The summed E-state index contributed by atoms with van der Waals surface area (Å²) in [5, 5.41) is 8.95. The number of rotatable bonds is 4. The maximum absolute atomic E-state index is 13.4. The Kier molecular flexibility index (Phi) is 3.89. The Morgan fingerprint density at radius 2 is 1.61 bits per heavy atom. The van der Waals surface area contributed by atoms with Gasteiger partial charge in [-0.2, -0.15) is 0 Å². The van der Waals surface area contributed by atoms with Crippen LogP contribution in [0.15, 0.2) is 42.5 Å². The van der Waals surface area contributed by atoms with Crippen LogP contribution in [0.1, 0.15) is 11.1 Å². The van der Waals surface area contributed by atoms with Crippen molar-refractivity contribution in [3.63, 3.8) is 0 Å². The SMILES string of the molecule is OCc1ccc(F)c(OCc2ccc(F)cc2)c1. The van der Waals surface area contributed by atoms with Crippen LogP contribution in [-0.2, 0) is 13.2 Å². The minimum absolute atomic E-state index is 0.0749. The molecule has 0 aromatic heterocycles. The second-order valence-electron chi connectivity index (χ2n) is 3.84. The van der Waals surface area contributed by atoms with Gasteiger partial charge in [-0.3, -0.25) is 0 Å². The Balaban J connectivity index is 2.07. The van der Waals surface area contributed by atoms with Gasteiger partial charge in [0, 0.05) is 0 Å². The lowest BCUT2D eigenvalue weighted by Crippen LogP contribution is -1.98. The lowest BCUT2D eigenvalue weighted by atomic mass is 10.2. The van der Waals surface area contributed by atoms with Crippen LogP contribution in [0.4, 0.5) is 8.78 Å². The second-order valence-corrected chi connectivity index (χ2v) is 3.84. The lowest BCUT2D eigenvalue weighted by molar-refractivity contribution is 0.273. The van der Waals surface area contributed by atoms with E-state index in [-0.39, 0.29) is 24.8 Å². The van der Waals surface area contributed by atoms with Crippen LogP contribution in [-0.4, -0.2) is 5.11 Å². The summed E-state index contributed by atoms with van der Waals surface area (Å²) >= 11 is 0. The highest BCUT2D eigenvalue weighted by Crippen LogP contribution is 2.20. The van der Waals surface area contributed by atoms with Crippen LogP contribution < -0.4 is 4.74 Å². The van der Waals surface area contributed by atoms with Gasteiger partial charge in [0.2, 0.25) is 0 Å². The zero-order valence-corrected chi connectivity index (χ0v) is 9.57. The molecule has 0 atom stereocenters. The van der Waals surface area contributed by atoms with Gasteiger partial charge >= 0.3 is 0 Å². The first-order valence-electron chi connectivity index (χ1n) is 5.45. The second kappa shape index (κ2) is 5.60. The number of aliphatic hydroxyl groups excluding tert-OH is 1. The predicted molar refractivity (Wildman–Crippen MR) is 63.1 cm³/mol. The van der Waals surface area contributed by atoms with E-state index in [0.717, 1.165) is 5.56 Å². The standard InChI is InChI=1S/C14H12F2O2/c15-12-4-1-10(2-5-12)9-18-14-7-11(8-17)3-6-13(14)16/h1-7,17H,8-9H2. The van der Waals surface area contributed by atoms with Gasteiger partial charge in [-0.1, -0.05) is 18.2 Å². The Labute approximate surface area is 103 Å². The number of halogens is 2. The molecule has 0 heterocycles. The highest BCUT2D eigenvalue weighted by Gasteiger charge is 2.05. The minimum Gasteiger partial charge on any atom is -0.486 e.